The average molecular weight is 255 g/mol. The highest BCUT2D eigenvalue weighted by atomic mass is 32.2. The zero-order chi connectivity index (χ0) is 12.5. The van der Waals surface area contributed by atoms with Gasteiger partial charge in [-0.3, -0.25) is 0 Å². The number of likely N-dealkylation sites (N-methyl/N-ethyl adjacent to an activating group) is 1. The molecule has 1 atom stereocenters. The van der Waals surface area contributed by atoms with Gasteiger partial charge in [-0.1, -0.05) is 19.1 Å². The molecule has 0 saturated carbocycles. The Morgan fingerprint density at radius 3 is 2.71 bits per heavy atom. The van der Waals surface area contributed by atoms with E-state index in [1.165, 1.54) is 4.90 Å². The third-order valence-electron chi connectivity index (χ3n) is 2.37. The van der Waals surface area contributed by atoms with Crippen LogP contribution in [-0.4, -0.2) is 39.2 Å². The molecule has 96 valence electrons. The van der Waals surface area contributed by atoms with Gasteiger partial charge in [0.25, 0.3) is 0 Å². The predicted molar refractivity (Wildman–Crippen MR) is 73.1 cm³/mol. The van der Waals surface area contributed by atoms with Crippen LogP contribution in [0.1, 0.15) is 6.92 Å². The van der Waals surface area contributed by atoms with Crippen molar-refractivity contribution in [3.63, 3.8) is 0 Å². The van der Waals surface area contributed by atoms with Crippen molar-refractivity contribution in [3.05, 3.63) is 24.3 Å². The Labute approximate surface area is 108 Å². The number of benzene rings is 1. The number of ether oxygens (including phenoxy) is 2. The number of hydrogen-bond donors (Lipinski definition) is 1. The van der Waals surface area contributed by atoms with Crippen LogP contribution in [0, 0.1) is 0 Å². The molecule has 0 fully saturated rings. The number of methoxy groups -OCH3 is 2. The summed E-state index contributed by atoms with van der Waals surface area (Å²) in [6.45, 7) is 3.80. The van der Waals surface area contributed by atoms with Crippen LogP contribution in [0.3, 0.4) is 0 Å². The Morgan fingerprint density at radius 1 is 1.29 bits per heavy atom. The molecule has 0 aliphatic carbocycles. The lowest BCUT2D eigenvalue weighted by molar-refractivity contribution is 0.174. The van der Waals surface area contributed by atoms with E-state index in [1.807, 2.05) is 18.2 Å². The summed E-state index contributed by atoms with van der Waals surface area (Å²) in [5.41, 5.74) is 0. The van der Waals surface area contributed by atoms with Crippen molar-refractivity contribution in [2.24, 2.45) is 0 Å². The van der Waals surface area contributed by atoms with E-state index in [-0.39, 0.29) is 0 Å². The number of thioether (sulfide) groups is 1. The van der Waals surface area contributed by atoms with Crippen LogP contribution < -0.4 is 10.1 Å². The molecule has 1 aromatic rings. The maximum atomic E-state index is 5.33. The van der Waals surface area contributed by atoms with Crippen LogP contribution in [0.5, 0.6) is 5.75 Å². The molecule has 0 radical (unpaired) electrons. The van der Waals surface area contributed by atoms with Crippen molar-refractivity contribution < 1.29 is 9.47 Å². The fourth-order valence-corrected chi connectivity index (χ4v) is 2.65. The second-order valence-corrected chi connectivity index (χ2v) is 4.73. The molecule has 0 heterocycles. The summed E-state index contributed by atoms with van der Waals surface area (Å²) in [6, 6.07) is 8.46. The lowest BCUT2D eigenvalue weighted by Crippen LogP contribution is -2.35. The largest absolute Gasteiger partial charge is 0.496 e. The van der Waals surface area contributed by atoms with Crippen molar-refractivity contribution in [2.45, 2.75) is 17.9 Å². The molecule has 1 N–H and O–H groups in total. The van der Waals surface area contributed by atoms with Gasteiger partial charge >= 0.3 is 0 Å². The topological polar surface area (TPSA) is 30.5 Å². The van der Waals surface area contributed by atoms with Gasteiger partial charge in [-0.25, -0.2) is 0 Å². The van der Waals surface area contributed by atoms with Gasteiger partial charge in [0, 0.05) is 23.8 Å². The summed E-state index contributed by atoms with van der Waals surface area (Å²) in [5.74, 6) is 1.91. The van der Waals surface area contributed by atoms with E-state index in [9.17, 15) is 0 Å². The van der Waals surface area contributed by atoms with Crippen LogP contribution in [-0.2, 0) is 4.74 Å². The van der Waals surface area contributed by atoms with E-state index in [0.717, 1.165) is 24.7 Å². The Bertz CT molecular complexity index is 314. The first kappa shape index (κ1) is 14.4. The van der Waals surface area contributed by atoms with Gasteiger partial charge in [0.15, 0.2) is 0 Å². The zero-order valence-corrected chi connectivity index (χ0v) is 11.5. The SMILES string of the molecule is CCNC(COC)CSc1ccccc1OC. The van der Waals surface area contributed by atoms with Crippen molar-refractivity contribution in [2.75, 3.05) is 33.1 Å². The quantitative estimate of drug-likeness (QED) is 0.723. The van der Waals surface area contributed by atoms with Crippen molar-refractivity contribution >= 4 is 11.8 Å². The van der Waals surface area contributed by atoms with Gasteiger partial charge in [0.05, 0.1) is 13.7 Å². The van der Waals surface area contributed by atoms with Crippen molar-refractivity contribution in [1.82, 2.24) is 5.32 Å². The lowest BCUT2D eigenvalue weighted by Gasteiger charge is -2.17. The van der Waals surface area contributed by atoms with E-state index < -0.39 is 0 Å². The van der Waals surface area contributed by atoms with Gasteiger partial charge in [-0.15, -0.1) is 11.8 Å². The molecular weight excluding hydrogens is 234 g/mol. The van der Waals surface area contributed by atoms with Gasteiger partial charge in [0.1, 0.15) is 5.75 Å². The molecule has 1 unspecified atom stereocenters. The molecule has 4 heteroatoms. The molecule has 0 aliphatic heterocycles. The Kier molecular flexibility index (Phi) is 7.08. The second-order valence-electron chi connectivity index (χ2n) is 3.67. The molecule has 0 bridgehead atoms. The monoisotopic (exact) mass is 255 g/mol. The van der Waals surface area contributed by atoms with E-state index in [2.05, 4.69) is 18.3 Å². The summed E-state index contributed by atoms with van der Waals surface area (Å²) in [6.07, 6.45) is 0. The molecule has 0 aliphatic rings. The maximum Gasteiger partial charge on any atom is 0.132 e. The van der Waals surface area contributed by atoms with Gasteiger partial charge in [0.2, 0.25) is 0 Å². The number of rotatable bonds is 8. The Balaban J connectivity index is 2.52. The number of para-hydroxylation sites is 1. The predicted octanol–water partition coefficient (Wildman–Crippen LogP) is 2.41. The van der Waals surface area contributed by atoms with E-state index in [1.54, 1.807) is 26.0 Å². The Hall–Kier alpha value is -0.710. The first-order chi connectivity index (χ1) is 8.31. The van der Waals surface area contributed by atoms with Gasteiger partial charge in [-0.2, -0.15) is 0 Å². The molecule has 0 saturated heterocycles. The summed E-state index contributed by atoms with van der Waals surface area (Å²) < 4.78 is 10.5. The molecule has 17 heavy (non-hydrogen) atoms. The first-order valence-electron chi connectivity index (χ1n) is 5.80. The van der Waals surface area contributed by atoms with Crippen LogP contribution >= 0.6 is 11.8 Å². The van der Waals surface area contributed by atoms with Gasteiger partial charge < -0.3 is 14.8 Å². The highest BCUT2D eigenvalue weighted by Gasteiger charge is 2.09. The molecule has 0 amide bonds. The van der Waals surface area contributed by atoms with Crippen molar-refractivity contribution in [1.29, 1.82) is 0 Å². The smallest absolute Gasteiger partial charge is 0.132 e. The third kappa shape index (κ3) is 4.98. The first-order valence-corrected chi connectivity index (χ1v) is 6.78. The summed E-state index contributed by atoms with van der Waals surface area (Å²) >= 11 is 1.79. The molecule has 1 aromatic carbocycles. The summed E-state index contributed by atoms with van der Waals surface area (Å²) in [5, 5.41) is 3.40. The van der Waals surface area contributed by atoms with E-state index in [0.29, 0.717) is 6.04 Å². The zero-order valence-electron chi connectivity index (χ0n) is 10.7. The normalized spacial score (nSPS) is 12.4. The van der Waals surface area contributed by atoms with Gasteiger partial charge in [-0.05, 0) is 18.7 Å². The summed E-state index contributed by atoms with van der Waals surface area (Å²) in [7, 11) is 3.44. The molecule has 1 rings (SSSR count). The fourth-order valence-electron chi connectivity index (χ4n) is 1.58. The molecular formula is C13H21NO2S. The minimum absolute atomic E-state index is 0.375. The highest BCUT2D eigenvalue weighted by Crippen LogP contribution is 2.28. The minimum atomic E-state index is 0.375. The van der Waals surface area contributed by atoms with Crippen molar-refractivity contribution in [3.8, 4) is 5.75 Å². The second kappa shape index (κ2) is 8.39. The number of nitrogens with one attached hydrogen (secondary N) is 1. The summed E-state index contributed by atoms with van der Waals surface area (Å²) in [4.78, 5) is 1.18. The van der Waals surface area contributed by atoms with E-state index >= 15 is 0 Å². The molecule has 3 nitrogen and oxygen atoms in total. The van der Waals surface area contributed by atoms with Crippen LogP contribution in [0.2, 0.25) is 0 Å². The highest BCUT2D eigenvalue weighted by molar-refractivity contribution is 7.99. The standard InChI is InChI=1S/C13H21NO2S/c1-4-14-11(9-15-2)10-17-13-8-6-5-7-12(13)16-3/h5-8,11,14H,4,9-10H2,1-3H3. The van der Waals surface area contributed by atoms with Crippen LogP contribution in [0.25, 0.3) is 0 Å². The third-order valence-corrected chi connectivity index (χ3v) is 3.59. The fraction of sp³-hybridized carbons (Fsp3) is 0.538. The Morgan fingerprint density at radius 2 is 2.06 bits per heavy atom. The molecule has 0 aromatic heterocycles. The maximum absolute atomic E-state index is 5.33. The molecule has 0 spiro atoms. The van der Waals surface area contributed by atoms with E-state index in [4.69, 9.17) is 9.47 Å². The average Bonchev–Trinajstić information content (AvgIpc) is 2.37. The van der Waals surface area contributed by atoms with Crippen LogP contribution in [0.4, 0.5) is 0 Å². The minimum Gasteiger partial charge on any atom is -0.496 e. The number of hydrogen-bond acceptors (Lipinski definition) is 4. The van der Waals surface area contributed by atoms with Crippen LogP contribution in [0.15, 0.2) is 29.2 Å². The lowest BCUT2D eigenvalue weighted by atomic mass is 10.3.